The molecule has 0 aliphatic heterocycles. The summed E-state index contributed by atoms with van der Waals surface area (Å²) in [6.45, 7) is 0. The highest BCUT2D eigenvalue weighted by molar-refractivity contribution is 7.98. The van der Waals surface area contributed by atoms with Crippen LogP contribution in [0.25, 0.3) is 0 Å². The molecule has 66 valence electrons. The molecule has 0 aliphatic rings. The van der Waals surface area contributed by atoms with Gasteiger partial charge in [-0.15, -0.1) is 11.8 Å². The molecule has 0 saturated carbocycles. The molecule has 0 radical (unpaired) electrons. The van der Waals surface area contributed by atoms with Gasteiger partial charge < -0.3 is 9.47 Å². The van der Waals surface area contributed by atoms with Crippen LogP contribution in [0.4, 0.5) is 0 Å². The van der Waals surface area contributed by atoms with E-state index in [-0.39, 0.29) is 0 Å². The molecule has 12 heavy (non-hydrogen) atoms. The van der Waals surface area contributed by atoms with Gasteiger partial charge in [0.05, 0.1) is 14.2 Å². The third-order valence-electron chi connectivity index (χ3n) is 1.41. The van der Waals surface area contributed by atoms with Crippen LogP contribution in [-0.4, -0.2) is 25.5 Å². The number of methoxy groups -OCH3 is 2. The summed E-state index contributed by atoms with van der Waals surface area (Å²) in [6.07, 6.45) is 1.96. The molecular weight excluding hydrogens is 174 g/mol. The zero-order valence-electron chi connectivity index (χ0n) is 7.33. The predicted molar refractivity (Wildman–Crippen MR) is 49.1 cm³/mol. The lowest BCUT2D eigenvalue weighted by atomic mass is 10.4. The minimum absolute atomic E-state index is 0.582. The SMILES string of the molecule is COc1cc(OC)nc(SC)c1. The molecule has 0 saturated heterocycles. The maximum atomic E-state index is 5.07. The Labute approximate surface area is 76.1 Å². The molecule has 4 heteroatoms. The van der Waals surface area contributed by atoms with Crippen molar-refractivity contribution in [2.24, 2.45) is 0 Å². The van der Waals surface area contributed by atoms with Crippen LogP contribution in [0.15, 0.2) is 17.2 Å². The maximum absolute atomic E-state index is 5.07. The second-order valence-electron chi connectivity index (χ2n) is 2.09. The minimum Gasteiger partial charge on any atom is -0.496 e. The highest BCUT2D eigenvalue weighted by Crippen LogP contribution is 2.23. The Morgan fingerprint density at radius 1 is 1.25 bits per heavy atom. The number of hydrogen-bond donors (Lipinski definition) is 0. The van der Waals surface area contributed by atoms with Crippen molar-refractivity contribution in [2.45, 2.75) is 5.03 Å². The van der Waals surface area contributed by atoms with Gasteiger partial charge in [-0.25, -0.2) is 4.98 Å². The first-order valence-electron chi connectivity index (χ1n) is 3.44. The van der Waals surface area contributed by atoms with Crippen molar-refractivity contribution in [3.63, 3.8) is 0 Å². The minimum atomic E-state index is 0.582. The van der Waals surface area contributed by atoms with Crippen LogP contribution in [0.5, 0.6) is 11.6 Å². The quantitative estimate of drug-likeness (QED) is 0.672. The topological polar surface area (TPSA) is 31.4 Å². The van der Waals surface area contributed by atoms with Crippen LogP contribution in [0.3, 0.4) is 0 Å². The zero-order valence-corrected chi connectivity index (χ0v) is 8.14. The van der Waals surface area contributed by atoms with Crippen molar-refractivity contribution >= 4 is 11.8 Å². The third-order valence-corrected chi connectivity index (χ3v) is 2.03. The van der Waals surface area contributed by atoms with Crippen molar-refractivity contribution in [1.29, 1.82) is 0 Å². The van der Waals surface area contributed by atoms with Crippen molar-refractivity contribution in [3.05, 3.63) is 12.1 Å². The lowest BCUT2D eigenvalue weighted by Crippen LogP contribution is -1.91. The first-order valence-corrected chi connectivity index (χ1v) is 4.66. The molecule has 0 spiro atoms. The first-order chi connectivity index (χ1) is 5.80. The first kappa shape index (κ1) is 9.19. The van der Waals surface area contributed by atoms with Crippen LogP contribution in [0, 0.1) is 0 Å². The molecule has 0 fully saturated rings. The van der Waals surface area contributed by atoms with Gasteiger partial charge in [0.2, 0.25) is 5.88 Å². The van der Waals surface area contributed by atoms with E-state index in [9.17, 15) is 0 Å². The van der Waals surface area contributed by atoms with Crippen molar-refractivity contribution in [2.75, 3.05) is 20.5 Å². The Balaban J connectivity index is 3.01. The molecule has 0 aromatic carbocycles. The molecule has 0 bridgehead atoms. The summed E-state index contributed by atoms with van der Waals surface area (Å²) >= 11 is 1.56. The monoisotopic (exact) mass is 185 g/mol. The molecule has 0 amide bonds. The van der Waals surface area contributed by atoms with E-state index in [1.54, 1.807) is 32.0 Å². The van der Waals surface area contributed by atoms with Crippen LogP contribution in [0.2, 0.25) is 0 Å². The highest BCUT2D eigenvalue weighted by atomic mass is 32.2. The number of nitrogens with zero attached hydrogens (tertiary/aromatic N) is 1. The van der Waals surface area contributed by atoms with Gasteiger partial charge in [-0.1, -0.05) is 0 Å². The number of ether oxygens (including phenoxy) is 2. The van der Waals surface area contributed by atoms with Gasteiger partial charge in [-0.3, -0.25) is 0 Å². The molecule has 1 rings (SSSR count). The summed E-state index contributed by atoms with van der Waals surface area (Å²) in [6, 6.07) is 3.62. The molecule has 0 atom stereocenters. The van der Waals surface area contributed by atoms with E-state index < -0.39 is 0 Å². The Morgan fingerprint density at radius 2 is 2.00 bits per heavy atom. The fourth-order valence-corrected chi connectivity index (χ4v) is 1.20. The second-order valence-corrected chi connectivity index (χ2v) is 2.92. The van der Waals surface area contributed by atoms with E-state index in [4.69, 9.17) is 9.47 Å². The normalized spacial score (nSPS) is 9.58. The average Bonchev–Trinajstić information content (AvgIpc) is 2.16. The van der Waals surface area contributed by atoms with Gasteiger partial charge in [-0.2, -0.15) is 0 Å². The number of pyridine rings is 1. The molecular formula is C8H11NO2S. The van der Waals surface area contributed by atoms with E-state index in [0.717, 1.165) is 10.8 Å². The van der Waals surface area contributed by atoms with E-state index >= 15 is 0 Å². The van der Waals surface area contributed by atoms with E-state index in [0.29, 0.717) is 5.88 Å². The summed E-state index contributed by atoms with van der Waals surface area (Å²) in [4.78, 5) is 4.18. The molecule has 1 aromatic rings. The predicted octanol–water partition coefficient (Wildman–Crippen LogP) is 1.82. The number of aromatic nitrogens is 1. The number of rotatable bonds is 3. The Bertz CT molecular complexity index is 210. The second kappa shape index (κ2) is 4.21. The highest BCUT2D eigenvalue weighted by Gasteiger charge is 2.01. The fraction of sp³-hybridized carbons (Fsp3) is 0.375. The average molecular weight is 185 g/mol. The summed E-state index contributed by atoms with van der Waals surface area (Å²) in [5.74, 6) is 1.35. The van der Waals surface area contributed by atoms with Crippen molar-refractivity contribution in [3.8, 4) is 11.6 Å². The summed E-state index contributed by atoms with van der Waals surface area (Å²) < 4.78 is 10.1. The van der Waals surface area contributed by atoms with Gasteiger partial charge in [-0.05, 0) is 6.26 Å². The molecule has 1 heterocycles. The van der Waals surface area contributed by atoms with Crippen molar-refractivity contribution < 1.29 is 9.47 Å². The standard InChI is InChI=1S/C8H11NO2S/c1-10-6-4-7(11-2)9-8(5-6)12-3/h4-5H,1-3H3. The fourth-order valence-electron chi connectivity index (χ4n) is 0.785. The zero-order chi connectivity index (χ0) is 8.97. The van der Waals surface area contributed by atoms with Gasteiger partial charge in [0.15, 0.2) is 0 Å². The largest absolute Gasteiger partial charge is 0.496 e. The Morgan fingerprint density at radius 3 is 2.50 bits per heavy atom. The summed E-state index contributed by atoms with van der Waals surface area (Å²) in [5, 5.41) is 0.895. The van der Waals surface area contributed by atoms with Crippen LogP contribution in [-0.2, 0) is 0 Å². The molecule has 0 N–H and O–H groups in total. The lowest BCUT2D eigenvalue weighted by Gasteiger charge is -2.04. The smallest absolute Gasteiger partial charge is 0.217 e. The van der Waals surface area contributed by atoms with Crippen LogP contribution < -0.4 is 9.47 Å². The van der Waals surface area contributed by atoms with Gasteiger partial charge in [0, 0.05) is 12.1 Å². The van der Waals surface area contributed by atoms with E-state index in [2.05, 4.69) is 4.98 Å². The number of hydrogen-bond acceptors (Lipinski definition) is 4. The van der Waals surface area contributed by atoms with E-state index in [1.165, 1.54) is 0 Å². The Kier molecular flexibility index (Phi) is 3.22. The molecule has 0 unspecified atom stereocenters. The lowest BCUT2D eigenvalue weighted by molar-refractivity contribution is 0.378. The number of thioether (sulfide) groups is 1. The van der Waals surface area contributed by atoms with E-state index in [1.807, 2.05) is 12.3 Å². The maximum Gasteiger partial charge on any atom is 0.217 e. The van der Waals surface area contributed by atoms with Gasteiger partial charge >= 0.3 is 0 Å². The van der Waals surface area contributed by atoms with Crippen molar-refractivity contribution in [1.82, 2.24) is 4.98 Å². The van der Waals surface area contributed by atoms with Gasteiger partial charge in [0.1, 0.15) is 10.8 Å². The van der Waals surface area contributed by atoms with Crippen LogP contribution >= 0.6 is 11.8 Å². The molecule has 1 aromatic heterocycles. The third kappa shape index (κ3) is 2.04. The summed E-state index contributed by atoms with van der Waals surface area (Å²) in [5.41, 5.74) is 0. The van der Waals surface area contributed by atoms with Gasteiger partial charge in [0.25, 0.3) is 0 Å². The molecule has 3 nitrogen and oxygen atoms in total. The summed E-state index contributed by atoms with van der Waals surface area (Å²) in [7, 11) is 3.21. The molecule has 0 aliphatic carbocycles. The van der Waals surface area contributed by atoms with Crippen LogP contribution in [0.1, 0.15) is 0 Å². The Hall–Kier alpha value is -0.900.